The lowest BCUT2D eigenvalue weighted by Gasteiger charge is -2.14. The number of benzene rings is 4. The number of hydroxylamine groups is 2. The third-order valence-corrected chi connectivity index (χ3v) is 8.14. The maximum Gasteiger partial charge on any atom is 0.277 e. The molecule has 0 saturated carbocycles. The maximum absolute atomic E-state index is 14.5. The number of halogens is 8. The minimum atomic E-state index is -1.37. The van der Waals surface area contributed by atoms with Crippen molar-refractivity contribution in [3.05, 3.63) is 114 Å². The Kier molecular flexibility index (Phi) is 16.8. The van der Waals surface area contributed by atoms with E-state index < -0.39 is 58.1 Å². The summed E-state index contributed by atoms with van der Waals surface area (Å²) in [5, 5.41) is 4.85. The van der Waals surface area contributed by atoms with E-state index in [1.807, 2.05) is 45.2 Å². The molecule has 0 radical (unpaired) electrons. The van der Waals surface area contributed by atoms with E-state index in [-0.39, 0.29) is 75.4 Å². The number of nitrogens with one attached hydrogen (secondary N) is 4. The Bertz CT molecular complexity index is 1760. The Morgan fingerprint density at radius 3 is 1.21 bits per heavy atom. The highest BCUT2D eigenvalue weighted by atomic mass is 127. The van der Waals surface area contributed by atoms with E-state index in [2.05, 4.69) is 21.6 Å². The summed E-state index contributed by atoms with van der Waals surface area (Å²) >= 11 is 3.78. The summed E-state index contributed by atoms with van der Waals surface area (Å²) in [7, 11) is 0. The Hall–Kier alpha value is -3.74. The molecule has 0 fully saturated rings. The van der Waals surface area contributed by atoms with Gasteiger partial charge < -0.3 is 24.8 Å². The van der Waals surface area contributed by atoms with Gasteiger partial charge in [0.25, 0.3) is 11.8 Å². The zero-order valence-corrected chi connectivity index (χ0v) is 31.6. The fraction of sp³-hybridized carbons (Fsp3) is 0.235. The highest BCUT2D eigenvalue weighted by molar-refractivity contribution is 14.1. The molecule has 0 heterocycles. The minimum Gasteiger partial charge on any atom is -0.377 e. The zero-order valence-electron chi connectivity index (χ0n) is 27.3. The summed E-state index contributed by atoms with van der Waals surface area (Å²) in [5.41, 5.74) is 2.10. The highest BCUT2D eigenvalue weighted by Crippen LogP contribution is 2.30. The van der Waals surface area contributed by atoms with Crippen molar-refractivity contribution in [3.8, 4) is 0 Å². The monoisotopic (exact) mass is 974 g/mol. The van der Waals surface area contributed by atoms with Crippen LogP contribution in [0.4, 0.5) is 49.1 Å². The molecule has 4 N–H and O–H groups in total. The molecule has 4 rings (SSSR count). The van der Waals surface area contributed by atoms with Gasteiger partial charge in [-0.2, -0.15) is 0 Å². The van der Waals surface area contributed by atoms with E-state index in [0.29, 0.717) is 7.14 Å². The summed E-state index contributed by atoms with van der Waals surface area (Å²) in [4.78, 5) is 35.3. The lowest BCUT2D eigenvalue weighted by molar-refractivity contribution is -0.0295. The molecule has 0 aromatic heterocycles. The van der Waals surface area contributed by atoms with Gasteiger partial charge in [-0.3, -0.25) is 19.3 Å². The molecule has 284 valence electrons. The average molecular weight is 974 g/mol. The van der Waals surface area contributed by atoms with Crippen LogP contribution < -0.4 is 21.6 Å². The molecule has 0 aliphatic rings. The van der Waals surface area contributed by atoms with Crippen LogP contribution in [0.25, 0.3) is 0 Å². The molecule has 0 unspecified atom stereocenters. The topological polar surface area (TPSA) is 128 Å². The Balaban J connectivity index is 1.05. The van der Waals surface area contributed by atoms with Crippen LogP contribution in [0.1, 0.15) is 20.7 Å². The predicted molar refractivity (Wildman–Crippen MR) is 197 cm³/mol. The third kappa shape index (κ3) is 12.7. The zero-order chi connectivity index (χ0) is 38.3. The van der Waals surface area contributed by atoms with Crippen molar-refractivity contribution in [1.82, 2.24) is 11.0 Å². The standard InChI is InChI=1S/C34H30F6I2N4O7/c35-23-5-3-21(31(29(23)39)43-27-7-1-19(41)17-25(27)37)33(47)45-52-15-13-50-11-9-49-10-12-51-14-16-53-46-34(48)22-4-6-24(36)30(40)32(22)44-28-8-2-20(42)18-26(28)38/h1-8,17-18,43-44H,9-16H2,(H,45,47)(H,46,48). The van der Waals surface area contributed by atoms with Crippen molar-refractivity contribution in [2.75, 3.05) is 63.5 Å². The first kappa shape index (κ1) is 42.0. The second-order valence-electron chi connectivity index (χ2n) is 10.5. The molecule has 2 amide bonds. The van der Waals surface area contributed by atoms with Crippen LogP contribution in [0.15, 0.2) is 60.7 Å². The number of ether oxygens (including phenoxy) is 3. The molecule has 0 aliphatic carbocycles. The fourth-order valence-corrected chi connectivity index (χ4v) is 5.17. The lowest BCUT2D eigenvalue weighted by atomic mass is 10.1. The van der Waals surface area contributed by atoms with Crippen LogP contribution in [0.5, 0.6) is 0 Å². The van der Waals surface area contributed by atoms with Gasteiger partial charge in [-0.25, -0.2) is 37.3 Å². The van der Waals surface area contributed by atoms with Crippen LogP contribution >= 0.6 is 45.2 Å². The van der Waals surface area contributed by atoms with Crippen molar-refractivity contribution in [2.45, 2.75) is 0 Å². The van der Waals surface area contributed by atoms with Gasteiger partial charge in [0, 0.05) is 7.14 Å². The van der Waals surface area contributed by atoms with Crippen LogP contribution in [0.2, 0.25) is 0 Å². The van der Waals surface area contributed by atoms with Crippen molar-refractivity contribution in [2.24, 2.45) is 0 Å². The second-order valence-corrected chi connectivity index (χ2v) is 13.0. The van der Waals surface area contributed by atoms with Crippen molar-refractivity contribution in [1.29, 1.82) is 0 Å². The van der Waals surface area contributed by atoms with Crippen LogP contribution in [-0.2, 0) is 23.9 Å². The molecule has 0 atom stereocenters. The molecular weight excluding hydrogens is 944 g/mol. The van der Waals surface area contributed by atoms with E-state index in [1.54, 1.807) is 12.1 Å². The third-order valence-electron chi connectivity index (χ3n) is 6.79. The molecule has 11 nitrogen and oxygen atoms in total. The van der Waals surface area contributed by atoms with Gasteiger partial charge in [-0.1, -0.05) is 0 Å². The smallest absolute Gasteiger partial charge is 0.277 e. The van der Waals surface area contributed by atoms with Crippen molar-refractivity contribution < 1.29 is 59.8 Å². The number of anilines is 4. The molecule has 0 aliphatic heterocycles. The first-order valence-corrected chi connectivity index (χ1v) is 17.6. The summed E-state index contributed by atoms with van der Waals surface area (Å²) in [6.45, 7) is 0.626. The minimum absolute atomic E-state index is 0.0463. The molecule has 0 spiro atoms. The molecular formula is C34H30F6I2N4O7. The van der Waals surface area contributed by atoms with Crippen LogP contribution in [0, 0.1) is 42.0 Å². The first-order chi connectivity index (χ1) is 25.5. The van der Waals surface area contributed by atoms with Gasteiger partial charge in [0.2, 0.25) is 0 Å². The van der Waals surface area contributed by atoms with Gasteiger partial charge >= 0.3 is 0 Å². The van der Waals surface area contributed by atoms with E-state index in [4.69, 9.17) is 23.9 Å². The molecule has 53 heavy (non-hydrogen) atoms. The maximum atomic E-state index is 14.5. The Morgan fingerprint density at radius 1 is 0.491 bits per heavy atom. The fourth-order valence-electron chi connectivity index (χ4n) is 4.26. The number of hydrogen-bond donors (Lipinski definition) is 4. The largest absolute Gasteiger partial charge is 0.377 e. The van der Waals surface area contributed by atoms with E-state index in [1.165, 1.54) is 24.3 Å². The summed E-state index contributed by atoms with van der Waals surface area (Å²) < 4.78 is 103. The van der Waals surface area contributed by atoms with E-state index >= 15 is 0 Å². The van der Waals surface area contributed by atoms with E-state index in [9.17, 15) is 35.9 Å². The number of amides is 2. The number of carbonyl (C=O) groups is 2. The van der Waals surface area contributed by atoms with E-state index in [0.717, 1.165) is 24.3 Å². The number of carbonyl (C=O) groups excluding carboxylic acids is 2. The molecule has 4 aromatic carbocycles. The lowest BCUT2D eigenvalue weighted by Crippen LogP contribution is -2.27. The van der Waals surface area contributed by atoms with Gasteiger partial charge in [0.1, 0.15) is 11.6 Å². The quantitative estimate of drug-likeness (QED) is 0.0313. The molecule has 0 saturated heterocycles. The van der Waals surface area contributed by atoms with Crippen LogP contribution in [0.3, 0.4) is 0 Å². The van der Waals surface area contributed by atoms with Crippen molar-refractivity contribution >= 4 is 79.7 Å². The second kappa shape index (κ2) is 21.2. The number of rotatable bonds is 20. The van der Waals surface area contributed by atoms with Gasteiger partial charge in [0.05, 0.1) is 86.7 Å². The van der Waals surface area contributed by atoms with Gasteiger partial charge in [0.15, 0.2) is 23.3 Å². The predicted octanol–water partition coefficient (Wildman–Crippen LogP) is 7.29. The Morgan fingerprint density at radius 2 is 0.849 bits per heavy atom. The molecule has 19 heteroatoms. The first-order valence-electron chi connectivity index (χ1n) is 15.4. The normalized spacial score (nSPS) is 11.0. The highest BCUT2D eigenvalue weighted by Gasteiger charge is 2.22. The van der Waals surface area contributed by atoms with Crippen LogP contribution in [-0.4, -0.2) is 64.7 Å². The summed E-state index contributed by atoms with van der Waals surface area (Å²) in [5.74, 6) is -8.48. The molecule has 4 aromatic rings. The summed E-state index contributed by atoms with van der Waals surface area (Å²) in [6.07, 6.45) is 0. The number of hydrogen-bond acceptors (Lipinski definition) is 9. The Labute approximate surface area is 326 Å². The summed E-state index contributed by atoms with van der Waals surface area (Å²) in [6, 6.07) is 11.7. The molecule has 0 bridgehead atoms. The van der Waals surface area contributed by atoms with Gasteiger partial charge in [-0.05, 0) is 106 Å². The average Bonchev–Trinajstić information content (AvgIpc) is 3.12. The SMILES string of the molecule is O=C(NOCCOCCOCCOCCONC(=O)c1ccc(F)c(F)c1Nc1ccc(I)cc1F)c1ccc(F)c(F)c1Nc1ccc(I)cc1F. The van der Waals surface area contributed by atoms with Crippen molar-refractivity contribution in [3.63, 3.8) is 0 Å². The van der Waals surface area contributed by atoms with Gasteiger partial charge in [-0.15, -0.1) is 0 Å².